The van der Waals surface area contributed by atoms with Gasteiger partial charge in [-0.3, -0.25) is 21.0 Å². The number of benzene rings is 1. The van der Waals surface area contributed by atoms with E-state index in [0.717, 1.165) is 0 Å². The van der Waals surface area contributed by atoms with E-state index in [9.17, 15) is 10.1 Å². The fourth-order valence-electron chi connectivity index (χ4n) is 1.00. The van der Waals surface area contributed by atoms with Crippen LogP contribution in [0.15, 0.2) is 23.3 Å². The lowest BCUT2D eigenvalue weighted by Crippen LogP contribution is -2.37. The van der Waals surface area contributed by atoms with Crippen LogP contribution in [-0.2, 0) is 0 Å². The smallest absolute Gasteiger partial charge is 0.279 e. The summed E-state index contributed by atoms with van der Waals surface area (Å²) in [5.41, 5.74) is 4.54. The molecule has 0 radical (unpaired) electrons. The Labute approximate surface area is 107 Å². The highest BCUT2D eigenvalue weighted by atomic mass is 35.5. The van der Waals surface area contributed by atoms with Crippen molar-refractivity contribution in [1.82, 2.24) is 10.9 Å². The fraction of sp³-hybridized carbons (Fsp3) is 0. The number of hydrazine groups is 1. The zero-order valence-corrected chi connectivity index (χ0v) is 9.96. The van der Waals surface area contributed by atoms with E-state index in [-0.39, 0.29) is 21.4 Å². The normalized spacial score (nSPS) is 10.2. The topological polar surface area (TPSA) is 106 Å². The van der Waals surface area contributed by atoms with Crippen molar-refractivity contribution in [1.29, 1.82) is 0 Å². The van der Waals surface area contributed by atoms with E-state index in [1.807, 2.05) is 0 Å². The third-order valence-corrected chi connectivity index (χ3v) is 2.26. The van der Waals surface area contributed by atoms with Gasteiger partial charge in [0.05, 0.1) is 21.7 Å². The molecule has 9 heteroatoms. The Hall–Kier alpha value is -1.77. The summed E-state index contributed by atoms with van der Waals surface area (Å²) in [5, 5.41) is 14.7. The molecule has 7 nitrogen and oxygen atoms in total. The zero-order chi connectivity index (χ0) is 12.8. The molecule has 0 aliphatic heterocycles. The largest absolute Gasteiger partial charge is 0.300 e. The molecule has 4 N–H and O–H groups in total. The maximum absolute atomic E-state index is 10.7. The predicted molar refractivity (Wildman–Crippen MR) is 68.8 cm³/mol. The molecule has 0 bridgehead atoms. The molecule has 1 rings (SSSR count). The first-order valence-corrected chi connectivity index (χ1v) is 5.07. The standard InChI is InChI=1S/C8H8ClN5O2S/c9-6-2-1-3-7(14(15)16)5(6)4-11-13-8(17)12-10/h1-4H,10H2,(H2,12,13,17)/b11-4+. The second kappa shape index (κ2) is 6.09. The number of nitro benzene ring substituents is 1. The van der Waals surface area contributed by atoms with E-state index in [4.69, 9.17) is 17.4 Å². The van der Waals surface area contributed by atoms with Crippen molar-refractivity contribution < 1.29 is 4.92 Å². The van der Waals surface area contributed by atoms with Gasteiger partial charge in [0.25, 0.3) is 5.69 Å². The number of thiocarbonyl (C=S) groups is 1. The SMILES string of the molecule is NNC(=S)N/N=C/c1c(Cl)cccc1[N+](=O)[O-]. The van der Waals surface area contributed by atoms with Gasteiger partial charge in [-0.15, -0.1) is 0 Å². The third-order valence-electron chi connectivity index (χ3n) is 1.72. The molecule has 0 amide bonds. The van der Waals surface area contributed by atoms with E-state index in [0.29, 0.717) is 0 Å². The van der Waals surface area contributed by atoms with Gasteiger partial charge >= 0.3 is 0 Å². The van der Waals surface area contributed by atoms with Crippen molar-refractivity contribution >= 4 is 40.8 Å². The molecule has 17 heavy (non-hydrogen) atoms. The van der Waals surface area contributed by atoms with Crippen LogP contribution < -0.4 is 16.7 Å². The summed E-state index contributed by atoms with van der Waals surface area (Å²) in [6.07, 6.45) is 1.20. The van der Waals surface area contributed by atoms with Crippen LogP contribution in [0.25, 0.3) is 0 Å². The molecule has 0 aromatic heterocycles. The number of nitrogens with zero attached hydrogens (tertiary/aromatic N) is 2. The van der Waals surface area contributed by atoms with Crippen molar-refractivity contribution in [2.24, 2.45) is 10.9 Å². The van der Waals surface area contributed by atoms with Crippen LogP contribution in [0.4, 0.5) is 5.69 Å². The predicted octanol–water partition coefficient (Wildman–Crippen LogP) is 0.920. The molecule has 0 heterocycles. The highest BCUT2D eigenvalue weighted by Crippen LogP contribution is 2.23. The van der Waals surface area contributed by atoms with E-state index in [2.05, 4.69) is 28.2 Å². The second-order valence-corrected chi connectivity index (χ2v) is 3.59. The molecule has 0 fully saturated rings. The van der Waals surface area contributed by atoms with Gasteiger partial charge in [-0.05, 0) is 18.3 Å². The van der Waals surface area contributed by atoms with Crippen LogP contribution in [0.1, 0.15) is 5.56 Å². The summed E-state index contributed by atoms with van der Waals surface area (Å²) in [6.45, 7) is 0. The van der Waals surface area contributed by atoms with Crippen molar-refractivity contribution in [2.75, 3.05) is 0 Å². The lowest BCUT2D eigenvalue weighted by atomic mass is 10.2. The van der Waals surface area contributed by atoms with Crippen molar-refractivity contribution in [3.8, 4) is 0 Å². The summed E-state index contributed by atoms with van der Waals surface area (Å²) >= 11 is 10.5. The van der Waals surface area contributed by atoms with Crippen LogP contribution in [-0.4, -0.2) is 16.3 Å². The first kappa shape index (κ1) is 13.3. The fourth-order valence-corrected chi connectivity index (χ4v) is 1.27. The summed E-state index contributed by atoms with van der Waals surface area (Å²) < 4.78 is 0. The van der Waals surface area contributed by atoms with Gasteiger partial charge < -0.3 is 0 Å². The van der Waals surface area contributed by atoms with Gasteiger partial charge in [-0.2, -0.15) is 5.10 Å². The molecule has 0 saturated heterocycles. The Morgan fingerprint density at radius 3 is 2.94 bits per heavy atom. The monoisotopic (exact) mass is 273 g/mol. The van der Waals surface area contributed by atoms with E-state index < -0.39 is 4.92 Å². The molecule has 0 saturated carbocycles. The third kappa shape index (κ3) is 3.63. The van der Waals surface area contributed by atoms with Gasteiger partial charge in [0, 0.05) is 6.07 Å². The van der Waals surface area contributed by atoms with Crippen LogP contribution in [0.5, 0.6) is 0 Å². The number of nitro groups is 1. The molecule has 90 valence electrons. The van der Waals surface area contributed by atoms with E-state index in [1.165, 1.54) is 24.4 Å². The molecule has 1 aromatic carbocycles. The maximum atomic E-state index is 10.7. The summed E-state index contributed by atoms with van der Waals surface area (Å²) in [7, 11) is 0. The Bertz CT molecular complexity index is 479. The Morgan fingerprint density at radius 1 is 1.65 bits per heavy atom. The molecule has 1 aromatic rings. The van der Waals surface area contributed by atoms with Crippen molar-refractivity contribution in [2.45, 2.75) is 0 Å². The van der Waals surface area contributed by atoms with Crippen LogP contribution in [0, 0.1) is 10.1 Å². The van der Waals surface area contributed by atoms with Crippen molar-refractivity contribution in [3.05, 3.63) is 38.9 Å². The minimum absolute atomic E-state index is 0.0796. The molecular weight excluding hydrogens is 266 g/mol. The lowest BCUT2D eigenvalue weighted by molar-refractivity contribution is -0.385. The highest BCUT2D eigenvalue weighted by Gasteiger charge is 2.14. The van der Waals surface area contributed by atoms with Gasteiger partial charge in [-0.1, -0.05) is 17.7 Å². The van der Waals surface area contributed by atoms with Crippen molar-refractivity contribution in [3.63, 3.8) is 0 Å². The lowest BCUT2D eigenvalue weighted by Gasteiger charge is -2.01. The number of halogens is 1. The zero-order valence-electron chi connectivity index (χ0n) is 8.38. The first-order chi connectivity index (χ1) is 8.06. The molecule has 0 unspecified atom stereocenters. The molecule has 0 aliphatic rings. The molecule has 0 atom stereocenters. The van der Waals surface area contributed by atoms with Gasteiger partial charge in [0.2, 0.25) is 5.11 Å². The van der Waals surface area contributed by atoms with Gasteiger partial charge in [-0.25, -0.2) is 5.84 Å². The molecular formula is C8H8ClN5O2S. The molecule has 0 spiro atoms. The quantitative estimate of drug-likeness (QED) is 0.249. The summed E-state index contributed by atoms with van der Waals surface area (Å²) in [6, 6.07) is 4.33. The minimum Gasteiger partial charge on any atom is -0.300 e. The average molecular weight is 274 g/mol. The maximum Gasteiger partial charge on any atom is 0.279 e. The Balaban J connectivity index is 2.97. The number of rotatable bonds is 3. The second-order valence-electron chi connectivity index (χ2n) is 2.77. The van der Waals surface area contributed by atoms with Gasteiger partial charge in [0.1, 0.15) is 0 Å². The van der Waals surface area contributed by atoms with E-state index >= 15 is 0 Å². The number of nitrogens with one attached hydrogen (secondary N) is 2. The highest BCUT2D eigenvalue weighted by molar-refractivity contribution is 7.80. The average Bonchev–Trinajstić information content (AvgIpc) is 2.30. The Morgan fingerprint density at radius 2 is 2.35 bits per heavy atom. The Kier molecular flexibility index (Phi) is 4.76. The number of hydrazone groups is 1. The van der Waals surface area contributed by atoms with Crippen LogP contribution in [0.2, 0.25) is 5.02 Å². The first-order valence-electron chi connectivity index (χ1n) is 4.29. The van der Waals surface area contributed by atoms with Gasteiger partial charge in [0.15, 0.2) is 0 Å². The summed E-state index contributed by atoms with van der Waals surface area (Å²) in [4.78, 5) is 10.2. The molecule has 0 aliphatic carbocycles. The number of nitrogens with two attached hydrogens (primary N) is 1. The number of hydrogen-bond donors (Lipinski definition) is 3. The minimum atomic E-state index is -0.549. The summed E-state index contributed by atoms with van der Waals surface area (Å²) in [5.74, 6) is 5.00. The number of hydrogen-bond acceptors (Lipinski definition) is 5. The van der Waals surface area contributed by atoms with Crippen LogP contribution >= 0.6 is 23.8 Å². The van der Waals surface area contributed by atoms with Crippen LogP contribution in [0.3, 0.4) is 0 Å². The van der Waals surface area contributed by atoms with E-state index in [1.54, 1.807) is 0 Å².